The summed E-state index contributed by atoms with van der Waals surface area (Å²) < 4.78 is 0. The van der Waals surface area contributed by atoms with Gasteiger partial charge in [-0.25, -0.2) is 0 Å². The molecule has 1 aromatic heterocycles. The summed E-state index contributed by atoms with van der Waals surface area (Å²) in [6, 6.07) is 27.1. The Labute approximate surface area is 162 Å². The van der Waals surface area contributed by atoms with Gasteiger partial charge in [-0.15, -0.1) is 0 Å². The minimum Gasteiger partial charge on any atom is -0.354 e. The van der Waals surface area contributed by atoms with E-state index in [-0.39, 0.29) is 5.41 Å². The van der Waals surface area contributed by atoms with Crippen LogP contribution in [0.5, 0.6) is 0 Å². The topological polar surface area (TPSA) is 15.8 Å². The van der Waals surface area contributed by atoms with Gasteiger partial charge in [0.15, 0.2) is 0 Å². The van der Waals surface area contributed by atoms with Crippen LogP contribution in [-0.4, -0.2) is 4.98 Å². The largest absolute Gasteiger partial charge is 0.354 e. The van der Waals surface area contributed by atoms with E-state index in [1.807, 2.05) is 0 Å². The predicted octanol–water partition coefficient (Wildman–Crippen LogP) is 7.37. The number of hydrogen-bond donors (Lipinski definition) is 1. The van der Waals surface area contributed by atoms with E-state index in [1.54, 1.807) is 0 Å². The van der Waals surface area contributed by atoms with Gasteiger partial charge in [0.2, 0.25) is 0 Å². The summed E-state index contributed by atoms with van der Waals surface area (Å²) >= 11 is 0. The number of nitrogens with one attached hydrogen (secondary N) is 1. The Morgan fingerprint density at radius 3 is 1.93 bits per heavy atom. The Bertz CT molecular complexity index is 1580. The Kier molecular flexibility index (Phi) is 2.39. The van der Waals surface area contributed by atoms with E-state index in [1.165, 1.54) is 65.6 Å². The van der Waals surface area contributed by atoms with Crippen LogP contribution in [-0.2, 0) is 5.41 Å². The zero-order valence-corrected chi connectivity index (χ0v) is 15.9. The van der Waals surface area contributed by atoms with Crippen LogP contribution in [0.3, 0.4) is 0 Å². The molecule has 0 spiro atoms. The van der Waals surface area contributed by atoms with Crippen LogP contribution < -0.4 is 0 Å². The summed E-state index contributed by atoms with van der Waals surface area (Å²) in [6.45, 7) is 4.71. The van der Waals surface area contributed by atoms with Crippen molar-refractivity contribution in [3.8, 4) is 11.1 Å². The third-order valence-electron chi connectivity index (χ3n) is 6.95. The molecule has 0 saturated carbocycles. The van der Waals surface area contributed by atoms with Crippen molar-refractivity contribution in [2.75, 3.05) is 0 Å². The first-order chi connectivity index (χ1) is 13.6. The third-order valence-corrected chi connectivity index (χ3v) is 6.95. The van der Waals surface area contributed by atoms with E-state index >= 15 is 0 Å². The fraction of sp³-hybridized carbons (Fsp3) is 0.111. The average Bonchev–Trinajstić information content (AvgIpc) is 3.21. The van der Waals surface area contributed by atoms with Crippen LogP contribution in [0.2, 0.25) is 0 Å². The van der Waals surface area contributed by atoms with Gasteiger partial charge in [0.1, 0.15) is 0 Å². The molecule has 1 nitrogen and oxygen atoms in total. The molecule has 1 heterocycles. The van der Waals surface area contributed by atoms with Crippen molar-refractivity contribution in [3.63, 3.8) is 0 Å². The first-order valence-electron chi connectivity index (χ1n) is 9.97. The maximum absolute atomic E-state index is 3.62. The highest BCUT2D eigenvalue weighted by atomic mass is 14.7. The van der Waals surface area contributed by atoms with Gasteiger partial charge in [0.25, 0.3) is 0 Å². The predicted molar refractivity (Wildman–Crippen MR) is 120 cm³/mol. The number of rotatable bonds is 0. The number of aromatic amines is 1. The number of benzene rings is 5. The molecule has 1 aliphatic rings. The lowest BCUT2D eigenvalue weighted by Gasteiger charge is -2.22. The fourth-order valence-corrected chi connectivity index (χ4v) is 5.64. The van der Waals surface area contributed by atoms with Crippen molar-refractivity contribution >= 4 is 43.4 Å². The lowest BCUT2D eigenvalue weighted by molar-refractivity contribution is 0.661. The molecular formula is C27H19N. The molecule has 1 N–H and O–H groups in total. The molecular weight excluding hydrogens is 338 g/mol. The van der Waals surface area contributed by atoms with E-state index in [0.717, 1.165) is 0 Å². The van der Waals surface area contributed by atoms with Crippen LogP contribution in [0.1, 0.15) is 25.0 Å². The van der Waals surface area contributed by atoms with Gasteiger partial charge in [0, 0.05) is 27.2 Å². The maximum atomic E-state index is 3.62. The zero-order valence-electron chi connectivity index (χ0n) is 15.9. The average molecular weight is 357 g/mol. The lowest BCUT2D eigenvalue weighted by atomic mass is 9.81. The van der Waals surface area contributed by atoms with Crippen LogP contribution in [0.25, 0.3) is 54.5 Å². The summed E-state index contributed by atoms with van der Waals surface area (Å²) in [6.07, 6.45) is 0. The van der Waals surface area contributed by atoms with E-state index in [9.17, 15) is 0 Å². The van der Waals surface area contributed by atoms with Gasteiger partial charge in [-0.2, -0.15) is 0 Å². The van der Waals surface area contributed by atoms with E-state index in [0.29, 0.717) is 0 Å². The van der Waals surface area contributed by atoms with Crippen molar-refractivity contribution in [3.05, 3.63) is 83.9 Å². The first kappa shape index (κ1) is 14.7. The molecule has 5 aromatic carbocycles. The molecule has 0 atom stereocenters. The number of fused-ring (bicyclic) bond motifs is 6. The van der Waals surface area contributed by atoms with Crippen LogP contribution >= 0.6 is 0 Å². The van der Waals surface area contributed by atoms with Crippen molar-refractivity contribution < 1.29 is 0 Å². The van der Waals surface area contributed by atoms with E-state index in [4.69, 9.17) is 0 Å². The fourth-order valence-electron chi connectivity index (χ4n) is 5.64. The maximum Gasteiger partial charge on any atom is 0.0471 e. The second-order valence-electron chi connectivity index (χ2n) is 8.70. The van der Waals surface area contributed by atoms with Gasteiger partial charge in [-0.05, 0) is 68.1 Å². The number of aromatic nitrogens is 1. The lowest BCUT2D eigenvalue weighted by Crippen LogP contribution is -2.14. The van der Waals surface area contributed by atoms with E-state index < -0.39 is 0 Å². The Hall–Kier alpha value is -3.32. The van der Waals surface area contributed by atoms with Gasteiger partial charge in [-0.3, -0.25) is 0 Å². The van der Waals surface area contributed by atoms with Crippen LogP contribution in [0.4, 0.5) is 0 Å². The second-order valence-corrected chi connectivity index (χ2v) is 8.70. The summed E-state index contributed by atoms with van der Waals surface area (Å²) in [7, 11) is 0. The summed E-state index contributed by atoms with van der Waals surface area (Å²) in [5, 5.41) is 8.16. The molecule has 132 valence electrons. The second kappa shape index (κ2) is 4.56. The SMILES string of the molecule is CC1(C)c2ccccc2-c2cc3c(cc21)c1cccc2[nH]c4cccc3c4c21. The van der Waals surface area contributed by atoms with E-state index in [2.05, 4.69) is 91.6 Å². The highest BCUT2D eigenvalue weighted by Gasteiger charge is 2.35. The molecule has 1 heteroatoms. The molecule has 0 bridgehead atoms. The molecule has 0 radical (unpaired) electrons. The van der Waals surface area contributed by atoms with Gasteiger partial charge >= 0.3 is 0 Å². The standard InChI is InChI=1S/C27H19N/c1-27(2)21-10-4-3-7-15(21)20-13-18-16-8-5-11-23-25(16)26-17(19(18)14-22(20)27)9-6-12-24(26)28-23/h3-14,28H,1-2H3. The molecule has 1 aliphatic carbocycles. The minimum atomic E-state index is 0.0271. The molecule has 0 fully saturated rings. The monoisotopic (exact) mass is 357 g/mol. The highest BCUT2D eigenvalue weighted by Crippen LogP contribution is 2.51. The molecule has 0 saturated heterocycles. The van der Waals surface area contributed by atoms with Crippen molar-refractivity contribution in [1.29, 1.82) is 0 Å². The summed E-state index contributed by atoms with van der Waals surface area (Å²) in [5.41, 5.74) is 8.14. The van der Waals surface area contributed by atoms with Crippen LogP contribution in [0, 0.1) is 0 Å². The van der Waals surface area contributed by atoms with Crippen molar-refractivity contribution in [2.24, 2.45) is 0 Å². The van der Waals surface area contributed by atoms with Gasteiger partial charge in [-0.1, -0.05) is 62.4 Å². The molecule has 0 amide bonds. The molecule has 6 aromatic rings. The zero-order chi connectivity index (χ0) is 18.6. The molecule has 28 heavy (non-hydrogen) atoms. The molecule has 0 unspecified atom stereocenters. The highest BCUT2D eigenvalue weighted by molar-refractivity contribution is 6.34. The quantitative estimate of drug-likeness (QED) is 0.273. The molecule has 7 rings (SSSR count). The Morgan fingerprint density at radius 1 is 0.571 bits per heavy atom. The summed E-state index contributed by atoms with van der Waals surface area (Å²) in [4.78, 5) is 3.62. The number of hydrogen-bond acceptors (Lipinski definition) is 0. The Balaban J connectivity index is 1.78. The van der Waals surface area contributed by atoms with Crippen molar-refractivity contribution in [1.82, 2.24) is 4.98 Å². The third kappa shape index (κ3) is 1.52. The Morgan fingerprint density at radius 2 is 1.21 bits per heavy atom. The van der Waals surface area contributed by atoms with Gasteiger partial charge < -0.3 is 4.98 Å². The summed E-state index contributed by atoms with van der Waals surface area (Å²) in [5.74, 6) is 0. The van der Waals surface area contributed by atoms with Gasteiger partial charge in [0.05, 0.1) is 0 Å². The molecule has 0 aliphatic heterocycles. The van der Waals surface area contributed by atoms with Crippen molar-refractivity contribution in [2.45, 2.75) is 19.3 Å². The first-order valence-corrected chi connectivity index (χ1v) is 9.97. The smallest absolute Gasteiger partial charge is 0.0471 e. The normalized spacial score (nSPS) is 15.1. The minimum absolute atomic E-state index is 0.0271. The number of H-pyrrole nitrogens is 1. The van der Waals surface area contributed by atoms with Crippen LogP contribution in [0.15, 0.2) is 72.8 Å².